The van der Waals surface area contributed by atoms with Gasteiger partial charge in [0.15, 0.2) is 0 Å². The highest BCUT2D eigenvalue weighted by atomic mass is 32.1. The third-order valence-electron chi connectivity index (χ3n) is 1.15. The standard InChI is InChI=1S/C7H14N2S/c1-5(2)7(9)3-6(10)4-8/h3-5,10H,8-9H2,1-2H3/b6-4+,7-3-. The Kier molecular flexibility index (Phi) is 4.03. The van der Waals surface area contributed by atoms with E-state index in [0.717, 1.165) is 5.70 Å². The predicted octanol–water partition coefficient (Wildman–Crippen LogP) is 1.21. The molecule has 0 fully saturated rings. The number of nitrogens with two attached hydrogens (primary N) is 2. The summed E-state index contributed by atoms with van der Waals surface area (Å²) in [5.74, 6) is 0.349. The topological polar surface area (TPSA) is 52.0 Å². The van der Waals surface area contributed by atoms with Crippen molar-refractivity contribution in [2.75, 3.05) is 0 Å². The minimum Gasteiger partial charge on any atom is -0.404 e. The third-order valence-corrected chi connectivity index (χ3v) is 1.43. The average Bonchev–Trinajstić information content (AvgIpc) is 1.87. The van der Waals surface area contributed by atoms with Gasteiger partial charge in [-0.1, -0.05) is 13.8 Å². The molecule has 0 aromatic carbocycles. The van der Waals surface area contributed by atoms with Crippen LogP contribution in [0.4, 0.5) is 0 Å². The van der Waals surface area contributed by atoms with Gasteiger partial charge in [-0.3, -0.25) is 0 Å². The largest absolute Gasteiger partial charge is 0.404 e. The number of hydrogen-bond donors (Lipinski definition) is 3. The molecule has 0 saturated carbocycles. The molecular weight excluding hydrogens is 144 g/mol. The van der Waals surface area contributed by atoms with Crippen LogP contribution < -0.4 is 11.5 Å². The van der Waals surface area contributed by atoms with Gasteiger partial charge in [0, 0.05) is 16.8 Å². The lowest BCUT2D eigenvalue weighted by atomic mass is 10.1. The van der Waals surface area contributed by atoms with E-state index in [0.29, 0.717) is 10.8 Å². The van der Waals surface area contributed by atoms with Gasteiger partial charge in [0.25, 0.3) is 0 Å². The van der Waals surface area contributed by atoms with Crippen LogP contribution >= 0.6 is 12.6 Å². The second-order valence-corrected chi connectivity index (χ2v) is 2.91. The van der Waals surface area contributed by atoms with Crippen molar-refractivity contribution >= 4 is 12.6 Å². The zero-order valence-electron chi connectivity index (χ0n) is 6.33. The Morgan fingerprint density at radius 1 is 1.50 bits per heavy atom. The molecule has 0 aromatic heterocycles. The molecule has 10 heavy (non-hydrogen) atoms. The van der Waals surface area contributed by atoms with Crippen LogP contribution in [0, 0.1) is 5.92 Å². The molecule has 0 amide bonds. The van der Waals surface area contributed by atoms with Crippen molar-refractivity contribution in [1.82, 2.24) is 0 Å². The molecule has 0 heterocycles. The number of allylic oxidation sites excluding steroid dienone is 2. The van der Waals surface area contributed by atoms with E-state index in [-0.39, 0.29) is 0 Å². The minimum atomic E-state index is 0.349. The Morgan fingerprint density at radius 2 is 2.00 bits per heavy atom. The zero-order chi connectivity index (χ0) is 8.15. The van der Waals surface area contributed by atoms with Gasteiger partial charge in [0.1, 0.15) is 0 Å². The summed E-state index contributed by atoms with van der Waals surface area (Å²) < 4.78 is 0. The molecule has 0 saturated heterocycles. The van der Waals surface area contributed by atoms with Crippen molar-refractivity contribution in [3.8, 4) is 0 Å². The van der Waals surface area contributed by atoms with Gasteiger partial charge in [0.2, 0.25) is 0 Å². The van der Waals surface area contributed by atoms with Crippen molar-refractivity contribution in [2.24, 2.45) is 17.4 Å². The van der Waals surface area contributed by atoms with Gasteiger partial charge in [-0.05, 0) is 12.0 Å². The lowest BCUT2D eigenvalue weighted by molar-refractivity contribution is 0.757. The summed E-state index contributed by atoms with van der Waals surface area (Å²) in [6.45, 7) is 4.03. The summed E-state index contributed by atoms with van der Waals surface area (Å²) in [6.07, 6.45) is 3.17. The predicted molar refractivity (Wildman–Crippen MR) is 48.4 cm³/mol. The van der Waals surface area contributed by atoms with E-state index in [1.54, 1.807) is 6.08 Å². The summed E-state index contributed by atoms with van der Waals surface area (Å²) in [7, 11) is 0. The van der Waals surface area contributed by atoms with Gasteiger partial charge in [0.05, 0.1) is 0 Å². The third kappa shape index (κ3) is 3.45. The van der Waals surface area contributed by atoms with Crippen LogP contribution in [0.3, 0.4) is 0 Å². The fourth-order valence-electron chi connectivity index (χ4n) is 0.386. The highest BCUT2D eigenvalue weighted by Gasteiger charge is 1.95. The molecular formula is C7H14N2S. The summed E-state index contributed by atoms with van der Waals surface area (Å²) in [5.41, 5.74) is 11.6. The SMILES string of the molecule is CC(C)/C(N)=C/C(S)=C\N. The van der Waals surface area contributed by atoms with E-state index in [9.17, 15) is 0 Å². The van der Waals surface area contributed by atoms with E-state index in [1.165, 1.54) is 6.20 Å². The maximum absolute atomic E-state index is 5.61. The molecule has 0 bridgehead atoms. The van der Waals surface area contributed by atoms with Gasteiger partial charge in [-0.2, -0.15) is 0 Å². The molecule has 4 N–H and O–H groups in total. The minimum absolute atomic E-state index is 0.349. The van der Waals surface area contributed by atoms with Crippen molar-refractivity contribution < 1.29 is 0 Å². The van der Waals surface area contributed by atoms with Crippen LogP contribution in [0.1, 0.15) is 13.8 Å². The zero-order valence-corrected chi connectivity index (χ0v) is 7.23. The molecule has 0 aliphatic heterocycles. The van der Waals surface area contributed by atoms with Crippen LogP contribution in [0.15, 0.2) is 22.9 Å². The first-order valence-electron chi connectivity index (χ1n) is 3.16. The van der Waals surface area contributed by atoms with Crippen molar-refractivity contribution in [2.45, 2.75) is 13.8 Å². The first-order chi connectivity index (χ1) is 4.57. The fraction of sp³-hybridized carbons (Fsp3) is 0.429. The smallest absolute Gasteiger partial charge is 0.0212 e. The van der Waals surface area contributed by atoms with Gasteiger partial charge < -0.3 is 11.5 Å². The van der Waals surface area contributed by atoms with Crippen LogP contribution in [-0.4, -0.2) is 0 Å². The van der Waals surface area contributed by atoms with Crippen molar-refractivity contribution in [3.63, 3.8) is 0 Å². The van der Waals surface area contributed by atoms with Crippen molar-refractivity contribution in [1.29, 1.82) is 0 Å². The van der Waals surface area contributed by atoms with Crippen LogP contribution in [0.2, 0.25) is 0 Å². The Hall–Kier alpha value is -0.570. The van der Waals surface area contributed by atoms with E-state index >= 15 is 0 Å². The van der Waals surface area contributed by atoms with E-state index in [2.05, 4.69) is 12.6 Å². The molecule has 2 nitrogen and oxygen atoms in total. The molecule has 0 aliphatic carbocycles. The van der Waals surface area contributed by atoms with E-state index < -0.39 is 0 Å². The first kappa shape index (κ1) is 9.43. The van der Waals surface area contributed by atoms with Gasteiger partial charge in [-0.25, -0.2) is 0 Å². The second kappa shape index (κ2) is 4.28. The Balaban J connectivity index is 4.17. The quantitative estimate of drug-likeness (QED) is 0.418. The maximum Gasteiger partial charge on any atom is 0.0212 e. The first-order valence-corrected chi connectivity index (χ1v) is 3.60. The molecule has 3 heteroatoms. The van der Waals surface area contributed by atoms with Crippen LogP contribution in [0.25, 0.3) is 0 Å². The molecule has 0 spiro atoms. The Labute approximate surface area is 67.4 Å². The van der Waals surface area contributed by atoms with Gasteiger partial charge >= 0.3 is 0 Å². The number of hydrogen-bond acceptors (Lipinski definition) is 3. The van der Waals surface area contributed by atoms with Crippen LogP contribution in [0.5, 0.6) is 0 Å². The normalized spacial score (nSPS) is 14.4. The number of rotatable bonds is 2. The second-order valence-electron chi connectivity index (χ2n) is 2.39. The highest BCUT2D eigenvalue weighted by molar-refractivity contribution is 7.84. The summed E-state index contributed by atoms with van der Waals surface area (Å²) >= 11 is 4.04. The lowest BCUT2D eigenvalue weighted by Crippen LogP contribution is -2.04. The monoisotopic (exact) mass is 158 g/mol. The van der Waals surface area contributed by atoms with Gasteiger partial charge in [-0.15, -0.1) is 12.6 Å². The average molecular weight is 158 g/mol. The number of thiol groups is 1. The molecule has 0 radical (unpaired) electrons. The highest BCUT2D eigenvalue weighted by Crippen LogP contribution is 2.08. The summed E-state index contributed by atoms with van der Waals surface area (Å²) in [4.78, 5) is 0.700. The fourth-order valence-corrected chi connectivity index (χ4v) is 0.535. The molecule has 58 valence electrons. The maximum atomic E-state index is 5.61. The summed E-state index contributed by atoms with van der Waals surface area (Å²) in [5, 5.41) is 0. The molecule has 0 unspecified atom stereocenters. The molecule has 0 atom stereocenters. The van der Waals surface area contributed by atoms with Crippen LogP contribution in [-0.2, 0) is 0 Å². The molecule has 0 rings (SSSR count). The Morgan fingerprint density at radius 3 is 2.30 bits per heavy atom. The summed E-state index contributed by atoms with van der Waals surface area (Å²) in [6, 6.07) is 0. The van der Waals surface area contributed by atoms with E-state index in [4.69, 9.17) is 11.5 Å². The van der Waals surface area contributed by atoms with Crippen molar-refractivity contribution in [3.05, 3.63) is 22.9 Å². The molecule has 0 aromatic rings. The lowest BCUT2D eigenvalue weighted by Gasteiger charge is -2.03. The molecule has 0 aliphatic rings. The van der Waals surface area contributed by atoms with E-state index in [1.807, 2.05) is 13.8 Å². The Bertz CT molecular complexity index is 159.